The van der Waals surface area contributed by atoms with E-state index in [0.717, 1.165) is 26.1 Å². The maximum Gasteiger partial charge on any atom is 0.240 e. The van der Waals surface area contributed by atoms with Crippen LogP contribution < -0.4 is 5.73 Å². The van der Waals surface area contributed by atoms with Crippen molar-refractivity contribution in [2.24, 2.45) is 11.1 Å². The fraction of sp³-hybridized carbons (Fsp3) is 0.923. The Morgan fingerprint density at radius 1 is 1.18 bits per heavy atom. The third kappa shape index (κ3) is 6.03. The SMILES string of the molecule is CCCN(CCN(C)C)C(=O)[C@@H](N)C(C)(C)C. The summed E-state index contributed by atoms with van der Waals surface area (Å²) >= 11 is 0. The van der Waals surface area contributed by atoms with Crippen molar-refractivity contribution in [1.82, 2.24) is 9.80 Å². The Balaban J connectivity index is 4.53. The predicted octanol–water partition coefficient (Wildman–Crippen LogP) is 1.16. The molecule has 0 saturated heterocycles. The van der Waals surface area contributed by atoms with E-state index in [1.807, 2.05) is 39.8 Å². The van der Waals surface area contributed by atoms with Crippen LogP contribution in [0.4, 0.5) is 0 Å². The molecule has 0 fully saturated rings. The second-order valence-corrected chi connectivity index (χ2v) is 5.97. The molecule has 2 N–H and O–H groups in total. The third-order valence-corrected chi connectivity index (χ3v) is 2.82. The van der Waals surface area contributed by atoms with E-state index in [0.29, 0.717) is 0 Å². The summed E-state index contributed by atoms with van der Waals surface area (Å²) < 4.78 is 0. The lowest BCUT2D eigenvalue weighted by molar-refractivity contribution is -0.135. The summed E-state index contributed by atoms with van der Waals surface area (Å²) in [5, 5.41) is 0. The number of rotatable bonds is 6. The van der Waals surface area contributed by atoms with E-state index < -0.39 is 6.04 Å². The van der Waals surface area contributed by atoms with E-state index in [1.165, 1.54) is 0 Å². The van der Waals surface area contributed by atoms with Gasteiger partial charge in [0.1, 0.15) is 0 Å². The number of nitrogens with two attached hydrogens (primary N) is 1. The Bertz CT molecular complexity index is 233. The smallest absolute Gasteiger partial charge is 0.240 e. The lowest BCUT2D eigenvalue weighted by Crippen LogP contribution is -2.51. The second-order valence-electron chi connectivity index (χ2n) is 5.97. The standard InChI is InChI=1S/C13H29N3O/c1-7-8-16(10-9-15(5)6)12(17)11(14)13(2,3)4/h11H,7-10,14H2,1-6H3/t11-/m1/s1. The summed E-state index contributed by atoms with van der Waals surface area (Å²) in [6.45, 7) is 10.5. The Kier molecular flexibility index (Phi) is 6.72. The van der Waals surface area contributed by atoms with Crippen molar-refractivity contribution in [3.05, 3.63) is 0 Å². The van der Waals surface area contributed by atoms with Gasteiger partial charge in [-0.3, -0.25) is 4.79 Å². The molecule has 0 aliphatic rings. The quantitative estimate of drug-likeness (QED) is 0.761. The highest BCUT2D eigenvalue weighted by atomic mass is 16.2. The first-order chi connectivity index (χ1) is 7.70. The monoisotopic (exact) mass is 243 g/mol. The minimum Gasteiger partial charge on any atom is -0.340 e. The molecule has 0 saturated carbocycles. The van der Waals surface area contributed by atoms with Crippen molar-refractivity contribution in [3.63, 3.8) is 0 Å². The molecule has 0 aliphatic carbocycles. The molecule has 0 aromatic carbocycles. The van der Waals surface area contributed by atoms with Crippen LogP contribution in [0.5, 0.6) is 0 Å². The van der Waals surface area contributed by atoms with E-state index >= 15 is 0 Å². The first-order valence-corrected chi connectivity index (χ1v) is 6.39. The van der Waals surface area contributed by atoms with Gasteiger partial charge in [0, 0.05) is 19.6 Å². The average molecular weight is 243 g/mol. The highest BCUT2D eigenvalue weighted by molar-refractivity contribution is 5.82. The molecule has 0 bridgehead atoms. The zero-order chi connectivity index (χ0) is 13.6. The zero-order valence-corrected chi connectivity index (χ0v) is 12.3. The Morgan fingerprint density at radius 3 is 2.06 bits per heavy atom. The largest absolute Gasteiger partial charge is 0.340 e. The lowest BCUT2D eigenvalue weighted by atomic mass is 9.86. The van der Waals surface area contributed by atoms with Gasteiger partial charge in [0.2, 0.25) is 5.91 Å². The number of carbonyl (C=O) groups excluding carboxylic acids is 1. The summed E-state index contributed by atoms with van der Waals surface area (Å²) in [5.41, 5.74) is 5.85. The molecule has 1 atom stereocenters. The average Bonchev–Trinajstić information content (AvgIpc) is 2.20. The van der Waals surface area contributed by atoms with Crippen LogP contribution in [-0.4, -0.2) is 55.5 Å². The Labute approximate surface area is 106 Å². The van der Waals surface area contributed by atoms with Crippen LogP contribution in [0.15, 0.2) is 0 Å². The van der Waals surface area contributed by atoms with Crippen LogP contribution in [-0.2, 0) is 4.79 Å². The molecular weight excluding hydrogens is 214 g/mol. The zero-order valence-electron chi connectivity index (χ0n) is 12.3. The number of nitrogens with zero attached hydrogens (tertiary/aromatic N) is 2. The molecule has 1 amide bonds. The lowest BCUT2D eigenvalue weighted by Gasteiger charge is -2.32. The number of carbonyl (C=O) groups is 1. The van der Waals surface area contributed by atoms with E-state index in [2.05, 4.69) is 11.8 Å². The van der Waals surface area contributed by atoms with Gasteiger partial charge >= 0.3 is 0 Å². The van der Waals surface area contributed by atoms with Gasteiger partial charge in [0.25, 0.3) is 0 Å². The third-order valence-electron chi connectivity index (χ3n) is 2.82. The molecule has 102 valence electrons. The molecule has 4 heteroatoms. The molecule has 4 nitrogen and oxygen atoms in total. The topological polar surface area (TPSA) is 49.6 Å². The highest BCUT2D eigenvalue weighted by Crippen LogP contribution is 2.19. The van der Waals surface area contributed by atoms with Crippen molar-refractivity contribution in [1.29, 1.82) is 0 Å². The number of amides is 1. The maximum atomic E-state index is 12.3. The van der Waals surface area contributed by atoms with Crippen molar-refractivity contribution < 1.29 is 4.79 Å². The molecule has 0 unspecified atom stereocenters. The van der Waals surface area contributed by atoms with E-state index in [-0.39, 0.29) is 11.3 Å². The first-order valence-electron chi connectivity index (χ1n) is 6.39. The normalized spacial score (nSPS) is 13.9. The molecule has 0 rings (SSSR count). The summed E-state index contributed by atoms with van der Waals surface area (Å²) in [6.07, 6.45) is 0.968. The van der Waals surface area contributed by atoms with E-state index in [4.69, 9.17) is 5.73 Å². The van der Waals surface area contributed by atoms with Gasteiger partial charge in [-0.15, -0.1) is 0 Å². The first kappa shape index (κ1) is 16.4. The minimum atomic E-state index is -0.420. The van der Waals surface area contributed by atoms with Crippen molar-refractivity contribution in [2.75, 3.05) is 33.7 Å². The van der Waals surface area contributed by atoms with Crippen LogP contribution in [0, 0.1) is 5.41 Å². The molecule has 0 aliphatic heterocycles. The molecule has 0 aromatic heterocycles. The predicted molar refractivity (Wildman–Crippen MR) is 72.9 cm³/mol. The number of hydrogen-bond acceptors (Lipinski definition) is 3. The summed E-state index contributed by atoms with van der Waals surface area (Å²) in [7, 11) is 4.02. The highest BCUT2D eigenvalue weighted by Gasteiger charge is 2.30. The van der Waals surface area contributed by atoms with Crippen LogP contribution in [0.1, 0.15) is 34.1 Å². The number of likely N-dealkylation sites (N-methyl/N-ethyl adjacent to an activating group) is 1. The van der Waals surface area contributed by atoms with E-state index in [1.54, 1.807) is 0 Å². The van der Waals surface area contributed by atoms with E-state index in [9.17, 15) is 4.79 Å². The molecule has 0 aromatic rings. The van der Waals surface area contributed by atoms with Gasteiger partial charge in [-0.1, -0.05) is 27.7 Å². The molecular formula is C13H29N3O. The van der Waals surface area contributed by atoms with Gasteiger partial charge in [-0.25, -0.2) is 0 Å². The Morgan fingerprint density at radius 2 is 1.71 bits per heavy atom. The fourth-order valence-corrected chi connectivity index (χ4v) is 1.49. The Hall–Kier alpha value is -0.610. The summed E-state index contributed by atoms with van der Waals surface area (Å²) in [5.74, 6) is 0.0706. The minimum absolute atomic E-state index is 0.0706. The summed E-state index contributed by atoms with van der Waals surface area (Å²) in [6, 6.07) is -0.420. The van der Waals surface area contributed by atoms with Crippen LogP contribution in [0.2, 0.25) is 0 Å². The van der Waals surface area contributed by atoms with Crippen molar-refractivity contribution >= 4 is 5.91 Å². The molecule has 0 radical (unpaired) electrons. The summed E-state index contributed by atoms with van der Waals surface area (Å²) in [4.78, 5) is 16.2. The fourth-order valence-electron chi connectivity index (χ4n) is 1.49. The van der Waals surface area contributed by atoms with Gasteiger partial charge in [-0.05, 0) is 25.9 Å². The maximum absolute atomic E-state index is 12.3. The van der Waals surface area contributed by atoms with Gasteiger partial charge in [0.15, 0.2) is 0 Å². The van der Waals surface area contributed by atoms with Gasteiger partial charge in [0.05, 0.1) is 6.04 Å². The molecule has 0 heterocycles. The molecule has 0 spiro atoms. The molecule has 17 heavy (non-hydrogen) atoms. The van der Waals surface area contributed by atoms with Crippen LogP contribution in [0.25, 0.3) is 0 Å². The van der Waals surface area contributed by atoms with Crippen molar-refractivity contribution in [3.8, 4) is 0 Å². The second kappa shape index (κ2) is 6.97. The number of hydrogen-bond donors (Lipinski definition) is 1. The van der Waals surface area contributed by atoms with Crippen LogP contribution >= 0.6 is 0 Å². The van der Waals surface area contributed by atoms with Gasteiger partial charge < -0.3 is 15.5 Å². The van der Waals surface area contributed by atoms with Crippen molar-refractivity contribution in [2.45, 2.75) is 40.2 Å². The van der Waals surface area contributed by atoms with Gasteiger partial charge in [-0.2, -0.15) is 0 Å². The van der Waals surface area contributed by atoms with Crippen LogP contribution in [0.3, 0.4) is 0 Å².